The Labute approximate surface area is 103 Å². The Kier molecular flexibility index (Phi) is 6.54. The molecule has 0 radical (unpaired) electrons. The standard InChI is InChI=1S/C12H21N3O2/c1-16-8-6-15(7-9-17-2)10-11-4-3-5-14-12(11)13/h3-5H,6-10H2,1-2H3,(H2,13,14). The van der Waals surface area contributed by atoms with Gasteiger partial charge in [0, 0.05) is 45.6 Å². The van der Waals surface area contributed by atoms with Gasteiger partial charge in [0.25, 0.3) is 0 Å². The summed E-state index contributed by atoms with van der Waals surface area (Å²) >= 11 is 0. The number of hydrogen-bond acceptors (Lipinski definition) is 5. The van der Waals surface area contributed by atoms with Crippen LogP contribution in [0.1, 0.15) is 5.56 Å². The van der Waals surface area contributed by atoms with Crippen LogP contribution in [-0.2, 0) is 16.0 Å². The molecule has 0 aliphatic rings. The SMILES string of the molecule is COCCN(CCOC)Cc1cccnc1N. The van der Waals surface area contributed by atoms with Gasteiger partial charge in [0.2, 0.25) is 0 Å². The van der Waals surface area contributed by atoms with Crippen LogP contribution < -0.4 is 5.73 Å². The van der Waals surface area contributed by atoms with Crippen molar-refractivity contribution in [2.24, 2.45) is 0 Å². The third-order valence-electron chi connectivity index (χ3n) is 2.54. The van der Waals surface area contributed by atoms with Gasteiger partial charge in [0.1, 0.15) is 5.82 Å². The molecular formula is C12H21N3O2. The number of methoxy groups -OCH3 is 2. The molecular weight excluding hydrogens is 218 g/mol. The molecule has 1 aromatic heterocycles. The summed E-state index contributed by atoms with van der Waals surface area (Å²) in [6.07, 6.45) is 1.70. The highest BCUT2D eigenvalue weighted by Gasteiger charge is 2.08. The van der Waals surface area contributed by atoms with Gasteiger partial charge >= 0.3 is 0 Å². The minimum absolute atomic E-state index is 0.590. The Morgan fingerprint density at radius 1 is 1.24 bits per heavy atom. The first kappa shape index (κ1) is 13.9. The molecule has 0 saturated carbocycles. The fourth-order valence-electron chi connectivity index (χ4n) is 1.54. The average molecular weight is 239 g/mol. The van der Waals surface area contributed by atoms with E-state index in [9.17, 15) is 0 Å². The number of nitrogens with two attached hydrogens (primary N) is 1. The number of anilines is 1. The van der Waals surface area contributed by atoms with Crippen LogP contribution in [-0.4, -0.2) is 50.4 Å². The Bertz CT molecular complexity index is 312. The van der Waals surface area contributed by atoms with E-state index in [4.69, 9.17) is 15.2 Å². The molecule has 5 heteroatoms. The molecule has 0 aromatic carbocycles. The van der Waals surface area contributed by atoms with Gasteiger partial charge in [-0.25, -0.2) is 4.98 Å². The number of aromatic nitrogens is 1. The quantitative estimate of drug-likeness (QED) is 0.725. The molecule has 96 valence electrons. The molecule has 17 heavy (non-hydrogen) atoms. The highest BCUT2D eigenvalue weighted by Crippen LogP contribution is 2.10. The molecule has 0 bridgehead atoms. The Morgan fingerprint density at radius 3 is 2.41 bits per heavy atom. The third-order valence-corrected chi connectivity index (χ3v) is 2.54. The number of ether oxygens (including phenoxy) is 2. The van der Waals surface area contributed by atoms with Crippen LogP contribution in [0.5, 0.6) is 0 Å². The third kappa shape index (κ3) is 5.12. The van der Waals surface area contributed by atoms with Crippen LogP contribution in [0.2, 0.25) is 0 Å². The zero-order valence-corrected chi connectivity index (χ0v) is 10.6. The van der Waals surface area contributed by atoms with Crippen LogP contribution in [0.4, 0.5) is 5.82 Å². The second-order valence-corrected chi connectivity index (χ2v) is 3.81. The predicted octanol–water partition coefficient (Wildman–Crippen LogP) is 0.759. The number of pyridine rings is 1. The summed E-state index contributed by atoms with van der Waals surface area (Å²) in [6.45, 7) is 3.88. The highest BCUT2D eigenvalue weighted by molar-refractivity contribution is 5.38. The van der Waals surface area contributed by atoms with Crippen LogP contribution in [0.3, 0.4) is 0 Å². The smallest absolute Gasteiger partial charge is 0.127 e. The number of rotatable bonds is 8. The highest BCUT2D eigenvalue weighted by atomic mass is 16.5. The zero-order chi connectivity index (χ0) is 12.5. The first-order valence-electron chi connectivity index (χ1n) is 5.67. The fraction of sp³-hybridized carbons (Fsp3) is 0.583. The van der Waals surface area contributed by atoms with Gasteiger partial charge in [-0.05, 0) is 6.07 Å². The van der Waals surface area contributed by atoms with Gasteiger partial charge in [-0.3, -0.25) is 4.90 Å². The van der Waals surface area contributed by atoms with Crippen LogP contribution in [0.15, 0.2) is 18.3 Å². The summed E-state index contributed by atoms with van der Waals surface area (Å²) in [5, 5.41) is 0. The summed E-state index contributed by atoms with van der Waals surface area (Å²) < 4.78 is 10.2. The largest absolute Gasteiger partial charge is 0.383 e. The molecule has 1 rings (SSSR count). The molecule has 0 fully saturated rings. The maximum atomic E-state index is 5.83. The first-order valence-corrected chi connectivity index (χ1v) is 5.67. The lowest BCUT2D eigenvalue weighted by molar-refractivity contribution is 0.110. The molecule has 0 aliphatic heterocycles. The lowest BCUT2D eigenvalue weighted by Crippen LogP contribution is -2.30. The molecule has 2 N–H and O–H groups in total. The average Bonchev–Trinajstić information content (AvgIpc) is 2.35. The maximum absolute atomic E-state index is 5.83. The predicted molar refractivity (Wildman–Crippen MR) is 67.7 cm³/mol. The maximum Gasteiger partial charge on any atom is 0.127 e. The van der Waals surface area contributed by atoms with Crippen LogP contribution in [0, 0.1) is 0 Å². The summed E-state index contributed by atoms with van der Waals surface area (Å²) in [4.78, 5) is 6.32. The van der Waals surface area contributed by atoms with Gasteiger partial charge in [0.05, 0.1) is 13.2 Å². The van der Waals surface area contributed by atoms with Crippen LogP contribution in [0.25, 0.3) is 0 Å². The number of hydrogen-bond donors (Lipinski definition) is 1. The molecule has 5 nitrogen and oxygen atoms in total. The van der Waals surface area contributed by atoms with Crippen molar-refractivity contribution in [3.05, 3.63) is 23.9 Å². The minimum Gasteiger partial charge on any atom is -0.383 e. The van der Waals surface area contributed by atoms with Crippen molar-refractivity contribution in [3.63, 3.8) is 0 Å². The minimum atomic E-state index is 0.590. The number of nitrogen functional groups attached to an aromatic ring is 1. The molecule has 0 amide bonds. The van der Waals surface area contributed by atoms with Crippen LogP contribution >= 0.6 is 0 Å². The lowest BCUT2D eigenvalue weighted by atomic mass is 10.2. The number of nitrogens with zero attached hydrogens (tertiary/aromatic N) is 2. The topological polar surface area (TPSA) is 60.6 Å². The summed E-state index contributed by atoms with van der Waals surface area (Å²) in [5.41, 5.74) is 6.87. The van der Waals surface area contributed by atoms with E-state index in [2.05, 4.69) is 9.88 Å². The Hall–Kier alpha value is -1.17. The van der Waals surface area contributed by atoms with Crippen molar-refractivity contribution in [2.75, 3.05) is 46.3 Å². The first-order chi connectivity index (χ1) is 8.27. The summed E-state index contributed by atoms with van der Waals surface area (Å²) in [5.74, 6) is 0.590. The molecule has 0 unspecified atom stereocenters. The second kappa shape index (κ2) is 8.00. The second-order valence-electron chi connectivity index (χ2n) is 3.81. The fourth-order valence-corrected chi connectivity index (χ4v) is 1.54. The van der Waals surface area contributed by atoms with Gasteiger partial charge in [0.15, 0.2) is 0 Å². The molecule has 0 saturated heterocycles. The van der Waals surface area contributed by atoms with E-state index in [0.717, 1.165) is 25.2 Å². The Balaban J connectivity index is 2.55. The molecule has 1 aromatic rings. The van der Waals surface area contributed by atoms with Gasteiger partial charge in [-0.2, -0.15) is 0 Å². The monoisotopic (exact) mass is 239 g/mol. The van der Waals surface area contributed by atoms with Crippen molar-refractivity contribution < 1.29 is 9.47 Å². The van der Waals surface area contributed by atoms with E-state index in [0.29, 0.717) is 19.0 Å². The molecule has 0 spiro atoms. The van der Waals surface area contributed by atoms with Gasteiger partial charge in [-0.15, -0.1) is 0 Å². The van der Waals surface area contributed by atoms with Crippen molar-refractivity contribution >= 4 is 5.82 Å². The van der Waals surface area contributed by atoms with Gasteiger partial charge in [-0.1, -0.05) is 6.07 Å². The van der Waals surface area contributed by atoms with E-state index in [1.54, 1.807) is 20.4 Å². The molecule has 1 heterocycles. The van der Waals surface area contributed by atoms with Crippen molar-refractivity contribution in [1.29, 1.82) is 0 Å². The van der Waals surface area contributed by atoms with E-state index >= 15 is 0 Å². The van der Waals surface area contributed by atoms with E-state index < -0.39 is 0 Å². The Morgan fingerprint density at radius 2 is 1.88 bits per heavy atom. The van der Waals surface area contributed by atoms with Crippen molar-refractivity contribution in [2.45, 2.75) is 6.54 Å². The summed E-state index contributed by atoms with van der Waals surface area (Å²) in [7, 11) is 3.40. The van der Waals surface area contributed by atoms with E-state index in [-0.39, 0.29) is 0 Å². The van der Waals surface area contributed by atoms with E-state index in [1.165, 1.54) is 0 Å². The van der Waals surface area contributed by atoms with E-state index in [1.807, 2.05) is 12.1 Å². The van der Waals surface area contributed by atoms with Gasteiger partial charge < -0.3 is 15.2 Å². The molecule has 0 atom stereocenters. The van der Waals surface area contributed by atoms with Crippen molar-refractivity contribution in [3.8, 4) is 0 Å². The zero-order valence-electron chi connectivity index (χ0n) is 10.6. The van der Waals surface area contributed by atoms with Crippen molar-refractivity contribution in [1.82, 2.24) is 9.88 Å². The summed E-state index contributed by atoms with van der Waals surface area (Å²) in [6, 6.07) is 3.89. The molecule has 0 aliphatic carbocycles. The normalized spacial score (nSPS) is 11.0. The lowest BCUT2D eigenvalue weighted by Gasteiger charge is -2.22.